The number of hydrogen-bond acceptors (Lipinski definition) is 4. The van der Waals surface area contributed by atoms with Crippen molar-refractivity contribution in [1.29, 1.82) is 0 Å². The third kappa shape index (κ3) is 4.98. The topological polar surface area (TPSA) is 84.5 Å². The lowest BCUT2D eigenvalue weighted by molar-refractivity contribution is -0.117. The highest BCUT2D eigenvalue weighted by Gasteiger charge is 2.24. The Morgan fingerprint density at radius 2 is 1.70 bits per heavy atom. The minimum atomic E-state index is -4.05. The quantitative estimate of drug-likeness (QED) is 0.698. The number of amides is 1. The average molecular weight is 402 g/mol. The standard InChI is InChI=1S/C17H17F3N2O4S/c1-3-26-11-4-6-12(7-5-11)27(24,25)22-10(2)17(23)21-14-9-8-13(18)15(19)16(14)20/h4-10,22H,3H2,1-2H3,(H,21,23)/t10-/m0/s1. The molecule has 2 aromatic carbocycles. The number of halogens is 3. The van der Waals surface area contributed by atoms with Gasteiger partial charge in [-0.25, -0.2) is 21.6 Å². The molecule has 0 radical (unpaired) electrons. The number of anilines is 1. The Morgan fingerprint density at radius 1 is 1.07 bits per heavy atom. The number of sulfonamides is 1. The summed E-state index contributed by atoms with van der Waals surface area (Å²) >= 11 is 0. The number of hydrogen-bond donors (Lipinski definition) is 2. The van der Waals surface area contributed by atoms with Crippen LogP contribution >= 0.6 is 0 Å². The molecule has 0 saturated carbocycles. The highest BCUT2D eigenvalue weighted by molar-refractivity contribution is 7.89. The van der Waals surface area contributed by atoms with Gasteiger partial charge in [0.25, 0.3) is 0 Å². The van der Waals surface area contributed by atoms with Crippen LogP contribution < -0.4 is 14.8 Å². The molecule has 0 spiro atoms. The lowest BCUT2D eigenvalue weighted by Gasteiger charge is -2.15. The van der Waals surface area contributed by atoms with Gasteiger partial charge in [-0.05, 0) is 50.2 Å². The molecular weight excluding hydrogens is 385 g/mol. The first-order chi connectivity index (χ1) is 12.7. The van der Waals surface area contributed by atoms with Crippen LogP contribution in [0.3, 0.4) is 0 Å². The number of nitrogens with one attached hydrogen (secondary N) is 2. The highest BCUT2D eigenvalue weighted by Crippen LogP contribution is 2.20. The van der Waals surface area contributed by atoms with E-state index in [0.29, 0.717) is 18.4 Å². The molecule has 2 aromatic rings. The van der Waals surface area contributed by atoms with Gasteiger partial charge in [-0.3, -0.25) is 4.79 Å². The Kier molecular flexibility index (Phi) is 6.45. The molecule has 0 saturated heterocycles. The number of carbonyl (C=O) groups excluding carboxylic acids is 1. The maximum Gasteiger partial charge on any atom is 0.242 e. The summed E-state index contributed by atoms with van der Waals surface area (Å²) in [6, 6.07) is 5.68. The predicted octanol–water partition coefficient (Wildman–Crippen LogP) is 2.81. The minimum Gasteiger partial charge on any atom is -0.494 e. The van der Waals surface area contributed by atoms with Gasteiger partial charge in [0.1, 0.15) is 5.75 Å². The van der Waals surface area contributed by atoms with E-state index in [1.54, 1.807) is 6.92 Å². The molecule has 0 unspecified atom stereocenters. The van der Waals surface area contributed by atoms with Gasteiger partial charge in [0.2, 0.25) is 15.9 Å². The zero-order chi connectivity index (χ0) is 20.2. The SMILES string of the molecule is CCOc1ccc(S(=O)(=O)N[C@@H](C)C(=O)Nc2ccc(F)c(F)c2F)cc1. The fourth-order valence-corrected chi connectivity index (χ4v) is 3.30. The molecule has 27 heavy (non-hydrogen) atoms. The van der Waals surface area contributed by atoms with Gasteiger partial charge in [0.05, 0.1) is 23.2 Å². The van der Waals surface area contributed by atoms with E-state index in [1.165, 1.54) is 31.2 Å². The molecule has 1 amide bonds. The van der Waals surface area contributed by atoms with E-state index in [1.807, 2.05) is 5.32 Å². The van der Waals surface area contributed by atoms with Crippen LogP contribution in [-0.4, -0.2) is 27.0 Å². The Labute approximate surface area is 154 Å². The summed E-state index contributed by atoms with van der Waals surface area (Å²) in [6.07, 6.45) is 0. The largest absolute Gasteiger partial charge is 0.494 e. The second kappa shape index (κ2) is 8.40. The van der Waals surface area contributed by atoms with E-state index in [-0.39, 0.29) is 4.90 Å². The fourth-order valence-electron chi connectivity index (χ4n) is 2.10. The van der Waals surface area contributed by atoms with E-state index >= 15 is 0 Å². The number of ether oxygens (including phenoxy) is 1. The van der Waals surface area contributed by atoms with Crippen molar-refractivity contribution < 1.29 is 31.1 Å². The first kappa shape index (κ1) is 20.7. The van der Waals surface area contributed by atoms with Crippen LogP contribution in [-0.2, 0) is 14.8 Å². The van der Waals surface area contributed by atoms with E-state index in [0.717, 1.165) is 6.07 Å². The zero-order valence-corrected chi connectivity index (χ0v) is 15.2. The van der Waals surface area contributed by atoms with Crippen LogP contribution in [0.15, 0.2) is 41.3 Å². The normalized spacial score (nSPS) is 12.5. The molecule has 0 aromatic heterocycles. The molecule has 0 heterocycles. The first-order valence-corrected chi connectivity index (χ1v) is 9.33. The van der Waals surface area contributed by atoms with Gasteiger partial charge >= 0.3 is 0 Å². The molecule has 10 heteroatoms. The third-order valence-electron chi connectivity index (χ3n) is 3.46. The summed E-state index contributed by atoms with van der Waals surface area (Å²) in [6.45, 7) is 3.42. The predicted molar refractivity (Wildman–Crippen MR) is 92.3 cm³/mol. The summed E-state index contributed by atoms with van der Waals surface area (Å²) in [7, 11) is -4.05. The molecule has 1 atom stereocenters. The number of carbonyl (C=O) groups is 1. The van der Waals surface area contributed by atoms with Crippen LogP contribution in [0, 0.1) is 17.5 Å². The van der Waals surface area contributed by atoms with Crippen LogP contribution in [0.25, 0.3) is 0 Å². The van der Waals surface area contributed by atoms with Gasteiger partial charge < -0.3 is 10.1 Å². The molecule has 0 fully saturated rings. The van der Waals surface area contributed by atoms with Crippen molar-refractivity contribution in [3.63, 3.8) is 0 Å². The molecule has 0 aliphatic heterocycles. The summed E-state index contributed by atoms with van der Waals surface area (Å²) < 4.78 is 71.7. The molecule has 0 bridgehead atoms. The van der Waals surface area contributed by atoms with Crippen molar-refractivity contribution in [3.05, 3.63) is 53.8 Å². The maximum atomic E-state index is 13.6. The van der Waals surface area contributed by atoms with E-state index < -0.39 is 45.1 Å². The van der Waals surface area contributed by atoms with Gasteiger partial charge in [-0.15, -0.1) is 0 Å². The van der Waals surface area contributed by atoms with Crippen LogP contribution in [0.4, 0.5) is 18.9 Å². The number of rotatable bonds is 7. The van der Waals surface area contributed by atoms with E-state index in [4.69, 9.17) is 4.74 Å². The lowest BCUT2D eigenvalue weighted by Crippen LogP contribution is -2.41. The first-order valence-electron chi connectivity index (χ1n) is 7.85. The Balaban J connectivity index is 2.09. The smallest absolute Gasteiger partial charge is 0.242 e. The number of benzene rings is 2. The summed E-state index contributed by atoms with van der Waals surface area (Å²) in [4.78, 5) is 12.0. The van der Waals surface area contributed by atoms with Gasteiger partial charge in [-0.2, -0.15) is 4.72 Å². The Hall–Kier alpha value is -2.59. The van der Waals surface area contributed by atoms with Crippen molar-refractivity contribution in [2.45, 2.75) is 24.8 Å². The second-order valence-electron chi connectivity index (χ2n) is 5.46. The molecule has 146 valence electrons. The van der Waals surface area contributed by atoms with Gasteiger partial charge in [0.15, 0.2) is 17.5 Å². The second-order valence-corrected chi connectivity index (χ2v) is 7.17. The Morgan fingerprint density at radius 3 is 2.30 bits per heavy atom. The van der Waals surface area contributed by atoms with E-state index in [2.05, 4.69) is 4.72 Å². The van der Waals surface area contributed by atoms with Crippen molar-refractivity contribution in [2.24, 2.45) is 0 Å². The molecular formula is C17H17F3N2O4S. The fraction of sp³-hybridized carbons (Fsp3) is 0.235. The van der Waals surface area contributed by atoms with Crippen molar-refractivity contribution in [1.82, 2.24) is 4.72 Å². The molecule has 0 aliphatic rings. The van der Waals surface area contributed by atoms with Gasteiger partial charge in [-0.1, -0.05) is 0 Å². The minimum absolute atomic E-state index is 0.107. The summed E-state index contributed by atoms with van der Waals surface area (Å²) in [5, 5.41) is 2.01. The average Bonchev–Trinajstić information content (AvgIpc) is 2.62. The lowest BCUT2D eigenvalue weighted by atomic mass is 10.2. The summed E-state index contributed by atoms with van der Waals surface area (Å²) in [5.74, 6) is -5.19. The third-order valence-corrected chi connectivity index (χ3v) is 5.02. The van der Waals surface area contributed by atoms with Crippen molar-refractivity contribution >= 4 is 21.6 Å². The van der Waals surface area contributed by atoms with Crippen molar-refractivity contribution in [3.8, 4) is 5.75 Å². The van der Waals surface area contributed by atoms with E-state index in [9.17, 15) is 26.4 Å². The van der Waals surface area contributed by atoms with Crippen LogP contribution in [0.1, 0.15) is 13.8 Å². The zero-order valence-electron chi connectivity index (χ0n) is 14.4. The monoisotopic (exact) mass is 402 g/mol. The molecule has 6 nitrogen and oxygen atoms in total. The molecule has 2 rings (SSSR count). The van der Waals surface area contributed by atoms with Crippen LogP contribution in [0.5, 0.6) is 5.75 Å². The maximum absolute atomic E-state index is 13.6. The van der Waals surface area contributed by atoms with Crippen LogP contribution in [0.2, 0.25) is 0 Å². The molecule has 0 aliphatic carbocycles. The van der Waals surface area contributed by atoms with Crippen molar-refractivity contribution in [2.75, 3.05) is 11.9 Å². The Bertz CT molecular complexity index is 934. The highest BCUT2D eigenvalue weighted by atomic mass is 32.2. The molecule has 2 N–H and O–H groups in total. The summed E-state index contributed by atoms with van der Waals surface area (Å²) in [5.41, 5.74) is -0.606. The van der Waals surface area contributed by atoms with Gasteiger partial charge in [0, 0.05) is 0 Å².